The van der Waals surface area contributed by atoms with Gasteiger partial charge in [0.25, 0.3) is 0 Å². The van der Waals surface area contributed by atoms with Gasteiger partial charge in [-0.25, -0.2) is 4.79 Å². The Morgan fingerprint density at radius 1 is 1.47 bits per heavy atom. The van der Waals surface area contributed by atoms with Crippen molar-refractivity contribution in [1.29, 1.82) is 0 Å². The molecule has 1 aromatic rings. The molecule has 0 heterocycles. The van der Waals surface area contributed by atoms with E-state index in [0.717, 1.165) is 17.5 Å². The van der Waals surface area contributed by atoms with Gasteiger partial charge in [0.15, 0.2) is 0 Å². The number of hydrogen-bond donors (Lipinski definition) is 1. The van der Waals surface area contributed by atoms with E-state index in [9.17, 15) is 4.79 Å². The summed E-state index contributed by atoms with van der Waals surface area (Å²) < 4.78 is 4.83. The van der Waals surface area contributed by atoms with E-state index in [1.807, 2.05) is 19.1 Å². The molecule has 19 heavy (non-hydrogen) atoms. The third-order valence-corrected chi connectivity index (χ3v) is 4.10. The van der Waals surface area contributed by atoms with E-state index >= 15 is 0 Å². The van der Waals surface area contributed by atoms with E-state index in [4.69, 9.17) is 22.7 Å². The topological polar surface area (TPSA) is 52.3 Å². The fourth-order valence-corrected chi connectivity index (χ4v) is 2.93. The number of benzene rings is 1. The van der Waals surface area contributed by atoms with Crippen LogP contribution in [0, 0.1) is 0 Å². The number of thiocarbonyl (C=S) groups is 1. The monoisotopic (exact) mass is 277 g/mol. The molecule has 0 bridgehead atoms. The van der Waals surface area contributed by atoms with Crippen molar-refractivity contribution < 1.29 is 9.53 Å². The molecular formula is C15H19NO2S. The number of ether oxygens (including phenoxy) is 1. The highest BCUT2D eigenvalue weighted by Gasteiger charge is 2.26. The second-order valence-corrected chi connectivity index (χ2v) is 5.33. The second kappa shape index (κ2) is 5.70. The minimum absolute atomic E-state index is 0.325. The fraction of sp³-hybridized carbons (Fsp3) is 0.467. The van der Waals surface area contributed by atoms with Crippen molar-refractivity contribution in [2.45, 2.75) is 38.5 Å². The molecule has 1 aromatic carbocycles. The van der Waals surface area contributed by atoms with Crippen molar-refractivity contribution in [3.63, 3.8) is 0 Å². The molecule has 0 unspecified atom stereocenters. The highest BCUT2D eigenvalue weighted by atomic mass is 32.1. The molecule has 0 atom stereocenters. The van der Waals surface area contributed by atoms with Crippen molar-refractivity contribution in [2.75, 3.05) is 7.11 Å². The molecule has 0 amide bonds. The van der Waals surface area contributed by atoms with Gasteiger partial charge in [-0.15, -0.1) is 0 Å². The first-order valence-corrected chi connectivity index (χ1v) is 7.04. The first-order chi connectivity index (χ1) is 9.10. The molecular weight excluding hydrogens is 258 g/mol. The average Bonchev–Trinajstić information content (AvgIpc) is 2.34. The summed E-state index contributed by atoms with van der Waals surface area (Å²) in [5, 5.41) is 0. The van der Waals surface area contributed by atoms with Crippen LogP contribution in [0.2, 0.25) is 0 Å². The van der Waals surface area contributed by atoms with Crippen LogP contribution in [0.4, 0.5) is 0 Å². The quantitative estimate of drug-likeness (QED) is 0.679. The summed E-state index contributed by atoms with van der Waals surface area (Å²) in [4.78, 5) is 12.2. The zero-order valence-corrected chi connectivity index (χ0v) is 12.2. The second-order valence-electron chi connectivity index (χ2n) is 4.89. The summed E-state index contributed by atoms with van der Waals surface area (Å²) in [6.45, 7) is 2.01. The Morgan fingerprint density at radius 3 is 2.58 bits per heavy atom. The number of hydrogen-bond acceptors (Lipinski definition) is 3. The predicted octanol–water partition coefficient (Wildman–Crippen LogP) is 2.94. The van der Waals surface area contributed by atoms with E-state index in [-0.39, 0.29) is 5.97 Å². The van der Waals surface area contributed by atoms with Gasteiger partial charge in [0.2, 0.25) is 0 Å². The largest absolute Gasteiger partial charge is 0.465 e. The zero-order valence-electron chi connectivity index (χ0n) is 11.4. The van der Waals surface area contributed by atoms with Crippen LogP contribution in [0.3, 0.4) is 0 Å². The maximum atomic E-state index is 11.8. The Hall–Kier alpha value is -1.42. The van der Waals surface area contributed by atoms with Crippen LogP contribution in [-0.4, -0.2) is 18.1 Å². The van der Waals surface area contributed by atoms with Gasteiger partial charge >= 0.3 is 5.97 Å². The Labute approximate surface area is 119 Å². The van der Waals surface area contributed by atoms with E-state index in [1.54, 1.807) is 0 Å². The fourth-order valence-electron chi connectivity index (χ4n) is 2.68. The van der Waals surface area contributed by atoms with Gasteiger partial charge in [0, 0.05) is 5.56 Å². The molecule has 4 heteroatoms. The number of carbonyl (C=O) groups is 1. The summed E-state index contributed by atoms with van der Waals surface area (Å²) in [7, 11) is 1.39. The lowest BCUT2D eigenvalue weighted by atomic mass is 9.76. The molecule has 1 aliphatic carbocycles. The molecule has 0 aromatic heterocycles. The number of esters is 1. The molecule has 1 fully saturated rings. The summed E-state index contributed by atoms with van der Waals surface area (Å²) in [5.74, 6) is 0.211. The van der Waals surface area contributed by atoms with Gasteiger partial charge in [-0.05, 0) is 42.4 Å². The summed E-state index contributed by atoms with van der Waals surface area (Å²) in [6, 6.07) is 3.84. The van der Waals surface area contributed by atoms with Crippen molar-refractivity contribution in [3.8, 4) is 0 Å². The number of nitrogens with two attached hydrogens (primary N) is 1. The number of methoxy groups -OCH3 is 1. The van der Waals surface area contributed by atoms with Crippen LogP contribution in [0.25, 0.3) is 0 Å². The normalized spacial score (nSPS) is 14.8. The Morgan fingerprint density at radius 2 is 2.16 bits per heavy atom. The Balaban J connectivity index is 2.59. The van der Waals surface area contributed by atoms with E-state index in [0.29, 0.717) is 16.5 Å². The molecule has 1 saturated carbocycles. The van der Waals surface area contributed by atoms with Crippen molar-refractivity contribution in [3.05, 3.63) is 34.4 Å². The summed E-state index contributed by atoms with van der Waals surface area (Å²) >= 11 is 5.20. The molecule has 2 rings (SSSR count). The first kappa shape index (κ1) is 14.0. The van der Waals surface area contributed by atoms with E-state index in [2.05, 4.69) is 0 Å². The molecule has 2 N–H and O–H groups in total. The maximum absolute atomic E-state index is 11.8. The van der Waals surface area contributed by atoms with Gasteiger partial charge in [-0.2, -0.15) is 0 Å². The smallest absolute Gasteiger partial charge is 0.338 e. The highest BCUT2D eigenvalue weighted by Crippen LogP contribution is 2.39. The maximum Gasteiger partial charge on any atom is 0.338 e. The van der Waals surface area contributed by atoms with Crippen LogP contribution < -0.4 is 5.73 Å². The van der Waals surface area contributed by atoms with Crippen molar-refractivity contribution in [1.82, 2.24) is 0 Å². The molecule has 1 aliphatic rings. The number of rotatable bonds is 4. The van der Waals surface area contributed by atoms with Crippen molar-refractivity contribution in [2.24, 2.45) is 5.73 Å². The van der Waals surface area contributed by atoms with Gasteiger partial charge in [-0.1, -0.05) is 31.6 Å². The lowest BCUT2D eigenvalue weighted by Crippen LogP contribution is -2.22. The molecule has 102 valence electrons. The third-order valence-electron chi connectivity index (χ3n) is 3.90. The first-order valence-electron chi connectivity index (χ1n) is 6.64. The molecule has 3 nitrogen and oxygen atoms in total. The number of carbonyl (C=O) groups excluding carboxylic acids is 1. The van der Waals surface area contributed by atoms with Crippen molar-refractivity contribution >= 4 is 23.2 Å². The van der Waals surface area contributed by atoms with E-state index in [1.165, 1.54) is 31.9 Å². The third kappa shape index (κ3) is 2.50. The van der Waals surface area contributed by atoms with Crippen LogP contribution in [0.15, 0.2) is 12.1 Å². The Kier molecular flexibility index (Phi) is 4.20. The summed E-state index contributed by atoms with van der Waals surface area (Å²) in [6.07, 6.45) is 4.33. The average molecular weight is 277 g/mol. The minimum Gasteiger partial charge on any atom is -0.465 e. The highest BCUT2D eigenvalue weighted by molar-refractivity contribution is 7.80. The van der Waals surface area contributed by atoms with Gasteiger partial charge in [0.1, 0.15) is 4.99 Å². The minimum atomic E-state index is -0.325. The zero-order chi connectivity index (χ0) is 14.0. The predicted molar refractivity (Wildman–Crippen MR) is 79.6 cm³/mol. The van der Waals surface area contributed by atoms with Gasteiger partial charge in [-0.3, -0.25) is 0 Å². The van der Waals surface area contributed by atoms with Crippen LogP contribution in [0.1, 0.15) is 59.2 Å². The van der Waals surface area contributed by atoms with Crippen LogP contribution in [-0.2, 0) is 11.2 Å². The van der Waals surface area contributed by atoms with Crippen LogP contribution >= 0.6 is 12.2 Å². The lowest BCUT2D eigenvalue weighted by Gasteiger charge is -2.29. The van der Waals surface area contributed by atoms with Crippen LogP contribution in [0.5, 0.6) is 0 Å². The van der Waals surface area contributed by atoms with E-state index < -0.39 is 0 Å². The standard InChI is InChI=1S/C15H19NO2S/c1-3-10-12(15(17)18-2)8-7-11(9-5-4-6-9)13(10)14(16)19/h7-9H,3-6H2,1-2H3,(H2,16,19). The molecule has 0 aliphatic heterocycles. The summed E-state index contributed by atoms with van der Waals surface area (Å²) in [5.41, 5.74) is 9.49. The van der Waals surface area contributed by atoms with Gasteiger partial charge in [0.05, 0.1) is 12.7 Å². The molecule has 0 saturated heterocycles. The SMILES string of the molecule is CCc1c(C(=O)OC)ccc(C2CCC2)c1C(N)=S. The molecule has 0 spiro atoms. The lowest BCUT2D eigenvalue weighted by molar-refractivity contribution is 0.0599. The Bertz CT molecular complexity index is 521. The molecule has 0 radical (unpaired) electrons. The van der Waals surface area contributed by atoms with Gasteiger partial charge < -0.3 is 10.5 Å².